The van der Waals surface area contributed by atoms with Gasteiger partial charge in [0.15, 0.2) is 0 Å². The van der Waals surface area contributed by atoms with Crippen LogP contribution in [0.3, 0.4) is 0 Å². The first-order valence-electron chi connectivity index (χ1n) is 5.32. The molecule has 1 saturated carbocycles. The molecule has 1 aliphatic carbocycles. The third-order valence-corrected chi connectivity index (χ3v) is 2.88. The van der Waals surface area contributed by atoms with Crippen molar-refractivity contribution in [3.05, 3.63) is 0 Å². The highest BCUT2D eigenvalue weighted by atomic mass is 16.5. The van der Waals surface area contributed by atoms with Gasteiger partial charge in [-0.05, 0) is 24.7 Å². The molecular weight excluding hydrogens is 164 g/mol. The first-order valence-corrected chi connectivity index (χ1v) is 5.32. The Bertz CT molecular complexity index is 165. The van der Waals surface area contributed by atoms with Crippen molar-refractivity contribution in [2.45, 2.75) is 46.0 Å². The summed E-state index contributed by atoms with van der Waals surface area (Å²) >= 11 is 0. The number of carbonyl (C=O) groups excluding carboxylic acids is 1. The Labute approximate surface area is 80.7 Å². The maximum absolute atomic E-state index is 10.5. The van der Waals surface area contributed by atoms with Crippen LogP contribution in [0, 0.1) is 11.8 Å². The zero-order valence-electron chi connectivity index (χ0n) is 8.71. The molecule has 0 aromatic carbocycles. The lowest BCUT2D eigenvalue weighted by Crippen LogP contribution is -2.15. The van der Waals surface area contributed by atoms with Crippen molar-refractivity contribution < 1.29 is 9.53 Å². The minimum absolute atomic E-state index is 0.149. The normalized spacial score (nSPS) is 28.5. The third-order valence-electron chi connectivity index (χ3n) is 2.88. The molecule has 1 aliphatic rings. The minimum Gasteiger partial charge on any atom is -0.466 e. The van der Waals surface area contributed by atoms with E-state index >= 15 is 0 Å². The zero-order valence-corrected chi connectivity index (χ0v) is 8.71. The van der Waals surface area contributed by atoms with Gasteiger partial charge in [0.25, 0.3) is 0 Å². The van der Waals surface area contributed by atoms with Gasteiger partial charge in [0.1, 0.15) is 0 Å². The van der Waals surface area contributed by atoms with E-state index in [4.69, 9.17) is 4.74 Å². The van der Waals surface area contributed by atoms with Gasteiger partial charge < -0.3 is 4.74 Å². The Morgan fingerprint density at radius 1 is 1.46 bits per heavy atom. The molecule has 2 heteroatoms. The van der Waals surface area contributed by atoms with E-state index in [2.05, 4.69) is 6.92 Å². The first kappa shape index (κ1) is 10.6. The lowest BCUT2D eigenvalue weighted by molar-refractivity contribution is -0.141. The third kappa shape index (κ3) is 4.30. The van der Waals surface area contributed by atoms with E-state index in [1.807, 2.05) is 0 Å². The molecule has 2 nitrogen and oxygen atoms in total. The number of hydrogen-bond donors (Lipinski definition) is 0. The lowest BCUT2D eigenvalue weighted by atomic mass is 9.81. The predicted octanol–water partition coefficient (Wildman–Crippen LogP) is 2.77. The summed E-state index contributed by atoms with van der Waals surface area (Å²) in [6.07, 6.45) is 6.44. The van der Waals surface area contributed by atoms with Crippen molar-refractivity contribution in [3.8, 4) is 0 Å². The van der Waals surface area contributed by atoms with Gasteiger partial charge >= 0.3 is 5.97 Å². The second-order valence-corrected chi connectivity index (χ2v) is 4.27. The Kier molecular flexibility index (Phi) is 4.26. The van der Waals surface area contributed by atoms with Crippen LogP contribution < -0.4 is 0 Å². The maximum atomic E-state index is 10.5. The van der Waals surface area contributed by atoms with E-state index in [-0.39, 0.29) is 5.97 Å². The van der Waals surface area contributed by atoms with Crippen LogP contribution in [0.25, 0.3) is 0 Å². The molecule has 1 fully saturated rings. The number of hydrogen-bond acceptors (Lipinski definition) is 2. The Morgan fingerprint density at radius 2 is 2.23 bits per heavy atom. The summed E-state index contributed by atoms with van der Waals surface area (Å²) in [5.74, 6) is 1.52. The highest BCUT2D eigenvalue weighted by Crippen LogP contribution is 2.30. The standard InChI is InChI=1S/C11H20O2/c1-9-4-3-5-11(8-9)6-7-13-10(2)12/h9,11H,3-8H2,1-2H3. The fourth-order valence-electron chi connectivity index (χ4n) is 2.19. The molecular formula is C11H20O2. The zero-order chi connectivity index (χ0) is 9.68. The fourth-order valence-corrected chi connectivity index (χ4v) is 2.19. The lowest BCUT2D eigenvalue weighted by Gasteiger charge is -2.26. The van der Waals surface area contributed by atoms with Gasteiger partial charge in [0.05, 0.1) is 6.61 Å². The van der Waals surface area contributed by atoms with Crippen molar-refractivity contribution in [2.24, 2.45) is 11.8 Å². The maximum Gasteiger partial charge on any atom is 0.302 e. The molecule has 0 aliphatic heterocycles. The van der Waals surface area contributed by atoms with Crippen molar-refractivity contribution in [2.75, 3.05) is 6.61 Å². The number of carbonyl (C=O) groups is 1. The molecule has 2 atom stereocenters. The molecule has 1 rings (SSSR count). The van der Waals surface area contributed by atoms with Crippen LogP contribution in [0.15, 0.2) is 0 Å². The Balaban J connectivity index is 2.10. The van der Waals surface area contributed by atoms with Gasteiger partial charge in [0.2, 0.25) is 0 Å². The van der Waals surface area contributed by atoms with E-state index < -0.39 is 0 Å². The number of esters is 1. The van der Waals surface area contributed by atoms with Crippen LogP contribution in [0.1, 0.15) is 46.0 Å². The molecule has 0 amide bonds. The Hall–Kier alpha value is -0.530. The van der Waals surface area contributed by atoms with Crippen LogP contribution in [-0.2, 0) is 9.53 Å². The van der Waals surface area contributed by atoms with Gasteiger partial charge in [-0.3, -0.25) is 4.79 Å². The molecule has 76 valence electrons. The average Bonchev–Trinajstić information content (AvgIpc) is 2.03. The average molecular weight is 184 g/mol. The second kappa shape index (κ2) is 5.25. The summed E-state index contributed by atoms with van der Waals surface area (Å²) in [5, 5.41) is 0. The monoisotopic (exact) mass is 184 g/mol. The molecule has 0 aromatic heterocycles. The highest BCUT2D eigenvalue weighted by Gasteiger charge is 2.18. The molecule has 0 aromatic rings. The summed E-state index contributed by atoms with van der Waals surface area (Å²) < 4.78 is 4.94. The summed E-state index contributed by atoms with van der Waals surface area (Å²) in [7, 11) is 0. The first-order chi connectivity index (χ1) is 6.18. The van der Waals surface area contributed by atoms with Gasteiger partial charge in [-0.1, -0.05) is 26.2 Å². The quantitative estimate of drug-likeness (QED) is 0.630. The van der Waals surface area contributed by atoms with Crippen LogP contribution in [-0.4, -0.2) is 12.6 Å². The molecule has 0 saturated heterocycles. The van der Waals surface area contributed by atoms with Gasteiger partial charge in [0, 0.05) is 6.92 Å². The van der Waals surface area contributed by atoms with Crippen LogP contribution in [0.5, 0.6) is 0 Å². The topological polar surface area (TPSA) is 26.3 Å². The fraction of sp³-hybridized carbons (Fsp3) is 0.909. The van der Waals surface area contributed by atoms with Gasteiger partial charge in [-0.25, -0.2) is 0 Å². The minimum atomic E-state index is -0.149. The van der Waals surface area contributed by atoms with Crippen LogP contribution in [0.2, 0.25) is 0 Å². The second-order valence-electron chi connectivity index (χ2n) is 4.27. The van der Waals surface area contributed by atoms with Gasteiger partial charge in [-0.15, -0.1) is 0 Å². The number of rotatable bonds is 3. The predicted molar refractivity (Wildman–Crippen MR) is 52.4 cm³/mol. The summed E-state index contributed by atoms with van der Waals surface area (Å²) in [6, 6.07) is 0. The molecule has 0 radical (unpaired) electrons. The SMILES string of the molecule is CC(=O)OCCC1CCCC(C)C1. The van der Waals surface area contributed by atoms with Crippen LogP contribution >= 0.6 is 0 Å². The summed E-state index contributed by atoms with van der Waals surface area (Å²) in [6.45, 7) is 4.41. The van der Waals surface area contributed by atoms with E-state index in [9.17, 15) is 4.79 Å². The molecule has 0 N–H and O–H groups in total. The van der Waals surface area contributed by atoms with E-state index in [1.54, 1.807) is 0 Å². The highest BCUT2D eigenvalue weighted by molar-refractivity contribution is 5.65. The van der Waals surface area contributed by atoms with E-state index in [0.29, 0.717) is 6.61 Å². The smallest absolute Gasteiger partial charge is 0.302 e. The van der Waals surface area contributed by atoms with Crippen molar-refractivity contribution >= 4 is 5.97 Å². The van der Waals surface area contributed by atoms with Crippen LogP contribution in [0.4, 0.5) is 0 Å². The Morgan fingerprint density at radius 3 is 2.85 bits per heavy atom. The molecule has 2 unspecified atom stereocenters. The van der Waals surface area contributed by atoms with Crippen molar-refractivity contribution in [3.63, 3.8) is 0 Å². The number of ether oxygens (including phenoxy) is 1. The summed E-state index contributed by atoms with van der Waals surface area (Å²) in [5.41, 5.74) is 0. The largest absolute Gasteiger partial charge is 0.466 e. The van der Waals surface area contributed by atoms with Crippen molar-refractivity contribution in [1.82, 2.24) is 0 Å². The molecule has 0 spiro atoms. The van der Waals surface area contributed by atoms with Gasteiger partial charge in [-0.2, -0.15) is 0 Å². The van der Waals surface area contributed by atoms with E-state index in [1.165, 1.54) is 32.6 Å². The van der Waals surface area contributed by atoms with E-state index in [0.717, 1.165) is 18.3 Å². The summed E-state index contributed by atoms with van der Waals surface area (Å²) in [4.78, 5) is 10.5. The van der Waals surface area contributed by atoms with Crippen molar-refractivity contribution in [1.29, 1.82) is 0 Å². The molecule has 13 heavy (non-hydrogen) atoms. The molecule has 0 heterocycles. The molecule has 0 bridgehead atoms.